The Hall–Kier alpha value is -3.19. The number of aromatic nitrogens is 1. The summed E-state index contributed by atoms with van der Waals surface area (Å²) in [5, 5.41) is 6.53. The van der Waals surface area contributed by atoms with Gasteiger partial charge in [-0.3, -0.25) is 4.99 Å². The average molecular weight is 395 g/mol. The van der Waals surface area contributed by atoms with E-state index in [-0.39, 0.29) is 11.9 Å². The number of benzene rings is 2. The monoisotopic (exact) mass is 395 g/mol. The molecule has 0 amide bonds. The number of nitrogens with one attached hydrogen (secondary N) is 2. The van der Waals surface area contributed by atoms with Gasteiger partial charge < -0.3 is 20.0 Å². The third kappa shape index (κ3) is 5.65. The van der Waals surface area contributed by atoms with Crippen molar-refractivity contribution in [3.8, 4) is 11.5 Å². The van der Waals surface area contributed by atoms with Gasteiger partial charge in [0.05, 0.1) is 18.3 Å². The van der Waals surface area contributed by atoms with Crippen LogP contribution in [-0.4, -0.2) is 43.5 Å². The van der Waals surface area contributed by atoms with Gasteiger partial charge in [-0.2, -0.15) is 0 Å². The third-order valence-corrected chi connectivity index (χ3v) is 4.55. The van der Waals surface area contributed by atoms with Crippen molar-refractivity contribution in [1.82, 2.24) is 20.5 Å². The molecular formula is C22H26FN5O. The van der Waals surface area contributed by atoms with Crippen molar-refractivity contribution in [2.45, 2.75) is 12.6 Å². The maximum atomic E-state index is 13.6. The summed E-state index contributed by atoms with van der Waals surface area (Å²) in [7, 11) is 5.64. The standard InChI is InChI=1S/C22H26FN5O/c1-24-22(26-14-20(28(2)3)17-10-7-11-18(23)12-17)25-13-19-15-29-21(27-19)16-8-5-4-6-9-16/h4-12,15,20H,13-14H2,1-3H3,(H2,24,25,26). The lowest BCUT2D eigenvalue weighted by Crippen LogP contribution is -2.41. The van der Waals surface area contributed by atoms with Crippen molar-refractivity contribution >= 4 is 5.96 Å². The molecule has 1 atom stereocenters. The van der Waals surface area contributed by atoms with E-state index < -0.39 is 0 Å². The molecule has 1 heterocycles. The molecule has 0 saturated heterocycles. The molecule has 1 aromatic heterocycles. The van der Waals surface area contributed by atoms with Gasteiger partial charge in [-0.1, -0.05) is 30.3 Å². The van der Waals surface area contributed by atoms with Crippen LogP contribution >= 0.6 is 0 Å². The Balaban J connectivity index is 1.57. The maximum absolute atomic E-state index is 13.6. The first kappa shape index (κ1) is 20.5. The number of guanidine groups is 1. The summed E-state index contributed by atoms with van der Waals surface area (Å²) in [4.78, 5) is 10.8. The van der Waals surface area contributed by atoms with Crippen molar-refractivity contribution in [1.29, 1.82) is 0 Å². The Bertz CT molecular complexity index is 939. The van der Waals surface area contributed by atoms with Crippen LogP contribution in [0.4, 0.5) is 4.39 Å². The number of nitrogens with zero attached hydrogens (tertiary/aromatic N) is 3. The Morgan fingerprint density at radius 1 is 1.14 bits per heavy atom. The fourth-order valence-corrected chi connectivity index (χ4v) is 3.00. The molecule has 152 valence electrons. The van der Waals surface area contributed by atoms with Crippen LogP contribution in [0.3, 0.4) is 0 Å². The highest BCUT2D eigenvalue weighted by Gasteiger charge is 2.15. The highest BCUT2D eigenvalue weighted by molar-refractivity contribution is 5.79. The van der Waals surface area contributed by atoms with Gasteiger partial charge in [-0.15, -0.1) is 0 Å². The number of likely N-dealkylation sites (N-methyl/N-ethyl adjacent to an activating group) is 1. The predicted molar refractivity (Wildman–Crippen MR) is 113 cm³/mol. The quantitative estimate of drug-likeness (QED) is 0.474. The molecule has 0 radical (unpaired) electrons. The largest absolute Gasteiger partial charge is 0.444 e. The van der Waals surface area contributed by atoms with E-state index in [1.807, 2.05) is 55.4 Å². The molecule has 0 fully saturated rings. The molecule has 0 aliphatic rings. The van der Waals surface area contributed by atoms with E-state index in [9.17, 15) is 4.39 Å². The fraction of sp³-hybridized carbons (Fsp3) is 0.273. The van der Waals surface area contributed by atoms with Crippen LogP contribution in [0.25, 0.3) is 11.5 Å². The second kappa shape index (κ2) is 9.84. The normalized spacial score (nSPS) is 12.8. The van der Waals surface area contributed by atoms with E-state index in [2.05, 4.69) is 20.6 Å². The Labute approximate surface area is 170 Å². The van der Waals surface area contributed by atoms with Crippen LogP contribution in [-0.2, 0) is 6.54 Å². The highest BCUT2D eigenvalue weighted by atomic mass is 19.1. The van der Waals surface area contributed by atoms with Crippen molar-refractivity contribution in [3.63, 3.8) is 0 Å². The summed E-state index contributed by atoms with van der Waals surface area (Å²) in [6.07, 6.45) is 1.64. The number of halogens is 1. The summed E-state index contributed by atoms with van der Waals surface area (Å²) < 4.78 is 19.2. The molecule has 0 aliphatic carbocycles. The number of oxazole rings is 1. The lowest BCUT2D eigenvalue weighted by atomic mass is 10.1. The maximum Gasteiger partial charge on any atom is 0.226 e. The first-order valence-corrected chi connectivity index (χ1v) is 9.43. The second-order valence-corrected chi connectivity index (χ2v) is 6.85. The molecule has 0 bridgehead atoms. The van der Waals surface area contributed by atoms with Gasteiger partial charge in [-0.25, -0.2) is 9.37 Å². The smallest absolute Gasteiger partial charge is 0.226 e. The van der Waals surface area contributed by atoms with Crippen LogP contribution in [0.15, 0.2) is 70.3 Å². The van der Waals surface area contributed by atoms with Crippen LogP contribution in [0.1, 0.15) is 17.3 Å². The predicted octanol–water partition coefficient (Wildman–Crippen LogP) is 3.45. The zero-order valence-corrected chi connectivity index (χ0v) is 16.9. The second-order valence-electron chi connectivity index (χ2n) is 6.85. The first-order valence-electron chi connectivity index (χ1n) is 9.43. The highest BCUT2D eigenvalue weighted by Crippen LogP contribution is 2.19. The van der Waals surface area contributed by atoms with Crippen LogP contribution < -0.4 is 10.6 Å². The summed E-state index contributed by atoms with van der Waals surface area (Å²) >= 11 is 0. The van der Waals surface area contributed by atoms with Crippen molar-refractivity contribution < 1.29 is 8.81 Å². The molecule has 0 spiro atoms. The van der Waals surface area contributed by atoms with E-state index in [0.717, 1.165) is 16.8 Å². The molecular weight excluding hydrogens is 369 g/mol. The van der Waals surface area contributed by atoms with Gasteiger partial charge in [0.15, 0.2) is 5.96 Å². The summed E-state index contributed by atoms with van der Waals surface area (Å²) in [6.45, 7) is 1.05. The first-order chi connectivity index (χ1) is 14.1. The Kier molecular flexibility index (Phi) is 6.97. The minimum Gasteiger partial charge on any atom is -0.444 e. The number of aliphatic imine (C=N–C) groups is 1. The van der Waals surface area contributed by atoms with Gasteiger partial charge >= 0.3 is 0 Å². The van der Waals surface area contributed by atoms with E-state index in [1.165, 1.54) is 6.07 Å². The molecule has 7 heteroatoms. The lowest BCUT2D eigenvalue weighted by Gasteiger charge is -2.26. The van der Waals surface area contributed by atoms with Crippen LogP contribution in [0.2, 0.25) is 0 Å². The van der Waals surface area contributed by atoms with Gasteiger partial charge in [0.25, 0.3) is 0 Å². The van der Waals surface area contributed by atoms with Gasteiger partial charge in [0, 0.05) is 19.2 Å². The molecule has 2 N–H and O–H groups in total. The molecule has 2 aromatic carbocycles. The Morgan fingerprint density at radius 2 is 1.93 bits per heavy atom. The lowest BCUT2D eigenvalue weighted by molar-refractivity contribution is 0.297. The average Bonchev–Trinajstić information content (AvgIpc) is 3.20. The molecule has 0 aliphatic heterocycles. The molecule has 6 nitrogen and oxygen atoms in total. The van der Waals surface area contributed by atoms with Crippen molar-refractivity contribution in [2.24, 2.45) is 4.99 Å². The van der Waals surface area contributed by atoms with Crippen LogP contribution in [0, 0.1) is 5.82 Å². The molecule has 0 saturated carbocycles. The zero-order chi connectivity index (χ0) is 20.6. The number of rotatable bonds is 7. The van der Waals surface area contributed by atoms with Gasteiger partial charge in [-0.05, 0) is 43.9 Å². The molecule has 1 unspecified atom stereocenters. The molecule has 3 aromatic rings. The topological polar surface area (TPSA) is 65.7 Å². The van der Waals surface area contributed by atoms with E-state index in [4.69, 9.17) is 4.42 Å². The fourth-order valence-electron chi connectivity index (χ4n) is 3.00. The van der Waals surface area contributed by atoms with Crippen molar-refractivity contribution in [2.75, 3.05) is 27.7 Å². The summed E-state index contributed by atoms with van der Waals surface area (Å²) in [5.74, 6) is 0.985. The number of hydrogen-bond acceptors (Lipinski definition) is 4. The van der Waals surface area contributed by atoms with E-state index in [0.29, 0.717) is 24.9 Å². The SMILES string of the molecule is CN=C(NCc1coc(-c2ccccc2)n1)NCC(c1cccc(F)c1)N(C)C. The number of hydrogen-bond donors (Lipinski definition) is 2. The molecule has 29 heavy (non-hydrogen) atoms. The summed E-state index contributed by atoms with van der Waals surface area (Å²) in [5.41, 5.74) is 2.62. The third-order valence-electron chi connectivity index (χ3n) is 4.55. The molecule has 3 rings (SSSR count). The summed E-state index contributed by atoms with van der Waals surface area (Å²) in [6, 6.07) is 16.4. The van der Waals surface area contributed by atoms with Crippen molar-refractivity contribution in [3.05, 3.63) is 77.9 Å². The van der Waals surface area contributed by atoms with Gasteiger partial charge in [0.2, 0.25) is 5.89 Å². The minimum atomic E-state index is -0.239. The zero-order valence-electron chi connectivity index (χ0n) is 16.9. The van der Waals surface area contributed by atoms with E-state index in [1.54, 1.807) is 25.4 Å². The van der Waals surface area contributed by atoms with Gasteiger partial charge in [0.1, 0.15) is 12.1 Å². The minimum absolute atomic E-state index is 0.000911. The Morgan fingerprint density at radius 3 is 2.62 bits per heavy atom. The van der Waals surface area contributed by atoms with E-state index >= 15 is 0 Å². The van der Waals surface area contributed by atoms with Crippen LogP contribution in [0.5, 0.6) is 0 Å².